The average Bonchev–Trinajstić information content (AvgIpc) is 3.75. The molecule has 6 atom stereocenters. The minimum Gasteiger partial charge on any atom is -0.390 e. The number of rotatable bonds is 8. The second kappa shape index (κ2) is 13.7. The molecule has 0 saturated heterocycles. The largest absolute Gasteiger partial charge is 0.390 e. The molecule has 2 heterocycles. The quantitative estimate of drug-likeness (QED) is 0.182. The average molecular weight is 605 g/mol. The maximum absolute atomic E-state index is 12.2. The molecule has 6 rings (SSSR count). The predicted molar refractivity (Wildman–Crippen MR) is 166 cm³/mol. The Kier molecular flexibility index (Phi) is 9.84. The van der Waals surface area contributed by atoms with Crippen molar-refractivity contribution in [3.8, 4) is 0 Å². The monoisotopic (exact) mass is 604 g/mol. The lowest BCUT2D eigenvalue weighted by atomic mass is 10.0. The Morgan fingerprint density at radius 2 is 1.07 bits per heavy atom. The van der Waals surface area contributed by atoms with Crippen LogP contribution in [0.2, 0.25) is 0 Å². The van der Waals surface area contributed by atoms with E-state index in [0.717, 1.165) is 32.0 Å². The number of amides is 2. The van der Waals surface area contributed by atoms with Gasteiger partial charge in [-0.05, 0) is 58.0 Å². The first-order valence-electron chi connectivity index (χ1n) is 14.0. The van der Waals surface area contributed by atoms with Gasteiger partial charge in [0.15, 0.2) is 0 Å². The summed E-state index contributed by atoms with van der Waals surface area (Å²) in [5.41, 5.74) is 16.1. The number of hydrogen-bond donors (Lipinski definition) is 6. The summed E-state index contributed by atoms with van der Waals surface area (Å²) in [5, 5.41) is 29.9. The van der Waals surface area contributed by atoms with E-state index in [9.17, 15) is 19.8 Å². The lowest BCUT2D eigenvalue weighted by Gasteiger charge is -2.20. The number of aliphatic hydroxyl groups excluding tert-OH is 2. The molecule has 8 N–H and O–H groups in total. The van der Waals surface area contributed by atoms with Gasteiger partial charge in [0.2, 0.25) is 11.8 Å². The van der Waals surface area contributed by atoms with Crippen molar-refractivity contribution < 1.29 is 19.8 Å². The number of fused-ring (bicyclic) bond motifs is 2. The molecule has 0 aliphatic heterocycles. The van der Waals surface area contributed by atoms with Crippen LogP contribution in [0.25, 0.3) is 0 Å². The highest BCUT2D eigenvalue weighted by Gasteiger charge is 2.35. The third kappa shape index (κ3) is 7.15. The van der Waals surface area contributed by atoms with Crippen molar-refractivity contribution in [3.05, 3.63) is 116 Å². The summed E-state index contributed by atoms with van der Waals surface area (Å²) in [6.07, 6.45) is 1.08. The zero-order valence-electron chi connectivity index (χ0n) is 23.1. The molecule has 0 unspecified atom stereocenters. The molecule has 42 heavy (non-hydrogen) atoms. The van der Waals surface area contributed by atoms with E-state index < -0.39 is 24.3 Å². The normalized spacial score (nSPS) is 21.8. The van der Waals surface area contributed by atoms with Crippen molar-refractivity contribution >= 4 is 34.5 Å². The van der Waals surface area contributed by atoms with Crippen molar-refractivity contribution in [2.45, 2.75) is 62.1 Å². The molecule has 10 heteroatoms. The molecule has 8 nitrogen and oxygen atoms in total. The molecule has 2 aliphatic carbocycles. The van der Waals surface area contributed by atoms with Gasteiger partial charge in [0, 0.05) is 22.6 Å². The molecule has 0 spiro atoms. The van der Waals surface area contributed by atoms with Crippen molar-refractivity contribution in [3.63, 3.8) is 0 Å². The maximum Gasteiger partial charge on any atom is 0.237 e. The molecule has 4 aromatic rings. The Morgan fingerprint density at radius 1 is 0.690 bits per heavy atom. The van der Waals surface area contributed by atoms with Gasteiger partial charge in [-0.25, -0.2) is 0 Å². The number of nitrogens with two attached hydrogens (primary N) is 2. The molecule has 2 aliphatic rings. The Morgan fingerprint density at radius 3 is 1.45 bits per heavy atom. The van der Waals surface area contributed by atoms with Crippen LogP contribution < -0.4 is 22.1 Å². The highest BCUT2D eigenvalue weighted by atomic mass is 32.1. The number of benzene rings is 2. The van der Waals surface area contributed by atoms with Gasteiger partial charge < -0.3 is 32.3 Å². The molecule has 0 saturated carbocycles. The van der Waals surface area contributed by atoms with E-state index >= 15 is 0 Å². The van der Waals surface area contributed by atoms with Crippen LogP contribution in [0.15, 0.2) is 83.6 Å². The van der Waals surface area contributed by atoms with Crippen LogP contribution in [0.4, 0.5) is 0 Å². The minimum absolute atomic E-state index is 0.220. The number of nitrogens with one attached hydrogen (secondary N) is 2. The van der Waals surface area contributed by atoms with Crippen LogP contribution >= 0.6 is 22.7 Å². The van der Waals surface area contributed by atoms with E-state index in [1.165, 1.54) is 0 Å². The Balaban J connectivity index is 0.000000168. The third-order valence-electron chi connectivity index (χ3n) is 7.65. The fourth-order valence-corrected chi connectivity index (χ4v) is 7.36. The molecule has 2 aromatic heterocycles. The van der Waals surface area contributed by atoms with E-state index in [-0.39, 0.29) is 23.9 Å². The van der Waals surface area contributed by atoms with Gasteiger partial charge in [-0.15, -0.1) is 22.7 Å². The SMILES string of the molecule is N[C@@H](Cc1ccccc1)C(=O)N[C@@H]1c2ccsc2C[C@@H]1O.N[C@@H](Cc1ccccc1)C(=O)N[C@H]1c2ccsc2C[C@H]1O. The van der Waals surface area contributed by atoms with E-state index in [1.54, 1.807) is 22.7 Å². The summed E-state index contributed by atoms with van der Waals surface area (Å²) in [7, 11) is 0. The van der Waals surface area contributed by atoms with Crippen LogP contribution in [0.5, 0.6) is 0 Å². The first kappa shape index (κ1) is 30.1. The van der Waals surface area contributed by atoms with E-state index in [1.807, 2.05) is 83.6 Å². The van der Waals surface area contributed by atoms with Gasteiger partial charge in [0.25, 0.3) is 0 Å². The van der Waals surface area contributed by atoms with E-state index in [4.69, 9.17) is 11.5 Å². The van der Waals surface area contributed by atoms with Crippen LogP contribution in [-0.4, -0.2) is 46.3 Å². The summed E-state index contributed by atoms with van der Waals surface area (Å²) in [6, 6.07) is 21.4. The van der Waals surface area contributed by atoms with Gasteiger partial charge in [-0.1, -0.05) is 60.7 Å². The van der Waals surface area contributed by atoms with Gasteiger partial charge >= 0.3 is 0 Å². The van der Waals surface area contributed by atoms with Crippen molar-refractivity contribution in [2.75, 3.05) is 0 Å². The second-order valence-electron chi connectivity index (χ2n) is 10.7. The van der Waals surface area contributed by atoms with Gasteiger partial charge in [0.05, 0.1) is 36.4 Å². The zero-order chi connectivity index (χ0) is 29.6. The fraction of sp³-hybridized carbons (Fsp3) is 0.312. The van der Waals surface area contributed by atoms with Crippen LogP contribution in [0.3, 0.4) is 0 Å². The first-order valence-corrected chi connectivity index (χ1v) is 15.7. The maximum atomic E-state index is 12.2. The molecule has 2 aromatic carbocycles. The fourth-order valence-electron chi connectivity index (χ4n) is 5.41. The number of hydrogen-bond acceptors (Lipinski definition) is 8. The molecule has 0 bridgehead atoms. The lowest BCUT2D eigenvalue weighted by molar-refractivity contribution is -0.124. The van der Waals surface area contributed by atoms with Crippen molar-refractivity contribution in [1.29, 1.82) is 0 Å². The Hall–Kier alpha value is -3.38. The number of carbonyl (C=O) groups excluding carboxylic acids is 2. The van der Waals surface area contributed by atoms with Gasteiger partial charge in [-0.2, -0.15) is 0 Å². The Bertz CT molecular complexity index is 1360. The number of aliphatic hydroxyl groups is 2. The summed E-state index contributed by atoms with van der Waals surface area (Å²) in [6.45, 7) is 0. The van der Waals surface area contributed by atoms with Crippen LogP contribution in [0, 0.1) is 0 Å². The molecular weight excluding hydrogens is 569 g/mol. The molecule has 2 amide bonds. The molecule has 220 valence electrons. The summed E-state index contributed by atoms with van der Waals surface area (Å²) in [5.74, 6) is -0.441. The zero-order valence-corrected chi connectivity index (χ0v) is 24.7. The van der Waals surface area contributed by atoms with E-state index in [0.29, 0.717) is 25.7 Å². The Labute approximate surface area is 253 Å². The molecule has 0 radical (unpaired) electrons. The highest BCUT2D eigenvalue weighted by molar-refractivity contribution is 7.10. The molecular formula is C32H36N4O4S2. The smallest absolute Gasteiger partial charge is 0.237 e. The molecule has 0 fully saturated rings. The van der Waals surface area contributed by atoms with Gasteiger partial charge in [0.1, 0.15) is 0 Å². The topological polar surface area (TPSA) is 151 Å². The van der Waals surface area contributed by atoms with Crippen LogP contribution in [0.1, 0.15) is 44.1 Å². The van der Waals surface area contributed by atoms with Gasteiger partial charge in [-0.3, -0.25) is 9.59 Å². The summed E-state index contributed by atoms with van der Waals surface area (Å²) in [4.78, 5) is 26.8. The second-order valence-corrected chi connectivity index (χ2v) is 12.7. The standard InChI is InChI=1S/2C16H18N2O2S/c2*17-12(8-10-4-2-1-3-5-10)16(20)18-15-11-6-7-21-14(11)9-13(15)19/h2*1-7,12-13,15,19H,8-9,17H2,(H,18,20)/t12-,13+,15-;12-,13-,15+/m00/s1. The van der Waals surface area contributed by atoms with Crippen molar-refractivity contribution in [1.82, 2.24) is 10.6 Å². The summed E-state index contributed by atoms with van der Waals surface area (Å²) < 4.78 is 0. The lowest BCUT2D eigenvalue weighted by Crippen LogP contribution is -2.45. The van der Waals surface area contributed by atoms with Crippen LogP contribution in [-0.2, 0) is 35.3 Å². The third-order valence-corrected chi connectivity index (χ3v) is 9.57. The first-order chi connectivity index (χ1) is 20.3. The number of carbonyl (C=O) groups is 2. The summed E-state index contributed by atoms with van der Waals surface area (Å²) >= 11 is 3.23. The van der Waals surface area contributed by atoms with E-state index in [2.05, 4.69) is 10.6 Å². The number of thiophene rings is 2. The van der Waals surface area contributed by atoms with Crippen molar-refractivity contribution in [2.24, 2.45) is 11.5 Å². The minimum atomic E-state index is -0.609. The predicted octanol–water partition coefficient (Wildman–Crippen LogP) is 2.78. The highest BCUT2D eigenvalue weighted by Crippen LogP contribution is 2.36.